The summed E-state index contributed by atoms with van der Waals surface area (Å²) in [5.74, 6) is -1.68. The van der Waals surface area contributed by atoms with E-state index in [1.54, 1.807) is 0 Å². The highest BCUT2D eigenvalue weighted by molar-refractivity contribution is 7.87. The Balaban J connectivity index is 1.66. The van der Waals surface area contributed by atoms with Crippen LogP contribution >= 0.6 is 0 Å². The van der Waals surface area contributed by atoms with Gasteiger partial charge in [0.15, 0.2) is 0 Å². The number of rotatable bonds is 4. The van der Waals surface area contributed by atoms with Gasteiger partial charge in [0.2, 0.25) is 0 Å². The molecule has 0 spiro atoms. The maximum Gasteiger partial charge on any atom is 0.465 e. The average Bonchev–Trinajstić information content (AvgIpc) is 2.52. The van der Waals surface area contributed by atoms with Crippen LogP contribution in [-0.4, -0.2) is 29.8 Å². The summed E-state index contributed by atoms with van der Waals surface area (Å²) < 4.78 is 63.2. The molecule has 0 saturated heterocycles. The van der Waals surface area contributed by atoms with Crippen LogP contribution in [0.1, 0.15) is 49.7 Å². The Morgan fingerprint density at radius 1 is 1.15 bits per heavy atom. The maximum absolute atomic E-state index is 13.8. The summed E-state index contributed by atoms with van der Waals surface area (Å²) in [6.07, 6.45) is 4.14. The van der Waals surface area contributed by atoms with Crippen LogP contribution in [0.15, 0.2) is 24.3 Å². The number of carbonyl (C=O) groups is 1. The monoisotopic (exact) mass is 400 g/mol. The van der Waals surface area contributed by atoms with E-state index in [4.69, 9.17) is 9.29 Å². The lowest BCUT2D eigenvalue weighted by molar-refractivity contribution is -0.204. The third-order valence-electron chi connectivity index (χ3n) is 6.54. The van der Waals surface area contributed by atoms with Gasteiger partial charge in [-0.3, -0.25) is 4.55 Å². The van der Waals surface area contributed by atoms with Crippen LogP contribution in [0.25, 0.3) is 0 Å². The highest BCUT2D eigenvalue weighted by Gasteiger charge is 2.63. The number of hydrogen-bond donors (Lipinski definition) is 1. The minimum Gasteiger partial charge on any atom is -0.454 e. The van der Waals surface area contributed by atoms with Crippen molar-refractivity contribution in [2.75, 3.05) is 0 Å². The quantitative estimate of drug-likeness (QED) is 0.617. The molecule has 2 unspecified atom stereocenters. The minimum absolute atomic E-state index is 0.245. The standard InChI is InChI=1S/C19H22F2O5S/c1-12-2-4-15(5-3-12)17-7-13-6-14(8-17)10-18(9-13,11-17)26-16(22)19(20,21)27(23,24)25/h2-5,13-14H,6-11H2,1H3,(H,23,24,25). The lowest BCUT2D eigenvalue weighted by atomic mass is 9.46. The second-order valence-electron chi connectivity index (χ2n) is 8.67. The number of carbonyl (C=O) groups excluding carboxylic acids is 1. The highest BCUT2D eigenvalue weighted by Crippen LogP contribution is 2.63. The zero-order valence-electron chi connectivity index (χ0n) is 15.0. The molecule has 4 aliphatic carbocycles. The number of alkyl halides is 2. The van der Waals surface area contributed by atoms with Gasteiger partial charge in [-0.2, -0.15) is 17.2 Å². The van der Waals surface area contributed by atoms with Crippen molar-refractivity contribution < 1.29 is 31.3 Å². The molecular weight excluding hydrogens is 378 g/mol. The molecule has 0 heterocycles. The predicted molar refractivity (Wildman–Crippen MR) is 92.9 cm³/mol. The van der Waals surface area contributed by atoms with Crippen LogP contribution in [0.3, 0.4) is 0 Å². The third-order valence-corrected chi connectivity index (χ3v) is 7.36. The van der Waals surface area contributed by atoms with Crippen molar-refractivity contribution >= 4 is 16.1 Å². The van der Waals surface area contributed by atoms with Crippen LogP contribution in [0.5, 0.6) is 0 Å². The van der Waals surface area contributed by atoms with Gasteiger partial charge in [0, 0.05) is 0 Å². The molecule has 4 fully saturated rings. The zero-order chi connectivity index (χ0) is 19.7. The minimum atomic E-state index is -5.87. The molecule has 1 aromatic carbocycles. The second-order valence-corrected chi connectivity index (χ2v) is 10.1. The number of benzene rings is 1. The van der Waals surface area contributed by atoms with Crippen LogP contribution in [0.2, 0.25) is 0 Å². The van der Waals surface area contributed by atoms with Crippen molar-refractivity contribution in [1.82, 2.24) is 0 Å². The first-order chi connectivity index (χ1) is 12.4. The molecule has 5 nitrogen and oxygen atoms in total. The van der Waals surface area contributed by atoms with Gasteiger partial charge < -0.3 is 4.74 Å². The van der Waals surface area contributed by atoms with Gasteiger partial charge in [0.25, 0.3) is 0 Å². The molecule has 148 valence electrons. The first kappa shape index (κ1) is 18.8. The van der Waals surface area contributed by atoms with Crippen LogP contribution < -0.4 is 0 Å². The van der Waals surface area contributed by atoms with Crippen LogP contribution in [0.4, 0.5) is 8.78 Å². The second kappa shape index (κ2) is 5.73. The number of aryl methyl sites for hydroxylation is 1. The number of esters is 1. The normalized spacial score (nSPS) is 35.3. The molecule has 1 N–H and O–H groups in total. The Morgan fingerprint density at radius 3 is 2.22 bits per heavy atom. The SMILES string of the molecule is Cc1ccc(C23CC4CC(CC(OC(=O)C(F)(F)S(=O)(=O)O)(C4)C2)C3)cc1. The largest absolute Gasteiger partial charge is 0.465 e. The van der Waals surface area contributed by atoms with Crippen LogP contribution in [-0.2, 0) is 25.1 Å². The van der Waals surface area contributed by atoms with Gasteiger partial charge in [0.1, 0.15) is 5.60 Å². The summed E-state index contributed by atoms with van der Waals surface area (Å²) in [6, 6.07) is 8.12. The molecule has 4 bridgehead atoms. The van der Waals surface area contributed by atoms with E-state index in [0.29, 0.717) is 19.3 Å². The van der Waals surface area contributed by atoms with E-state index in [1.165, 1.54) is 0 Å². The Hall–Kier alpha value is -1.54. The number of ether oxygens (including phenoxy) is 1. The lowest BCUT2D eigenvalue weighted by Crippen LogP contribution is -2.60. The predicted octanol–water partition coefficient (Wildman–Crippen LogP) is 3.61. The van der Waals surface area contributed by atoms with Crippen molar-refractivity contribution in [2.24, 2.45) is 11.8 Å². The summed E-state index contributed by atoms with van der Waals surface area (Å²) in [7, 11) is -5.87. The van der Waals surface area contributed by atoms with E-state index in [0.717, 1.165) is 30.4 Å². The lowest BCUT2D eigenvalue weighted by Gasteiger charge is -2.61. The first-order valence-corrected chi connectivity index (χ1v) is 10.5. The van der Waals surface area contributed by atoms with E-state index < -0.39 is 26.9 Å². The first-order valence-electron chi connectivity index (χ1n) is 9.10. The number of hydrogen-bond acceptors (Lipinski definition) is 4. The maximum atomic E-state index is 13.8. The fourth-order valence-electron chi connectivity index (χ4n) is 5.90. The van der Waals surface area contributed by atoms with E-state index in [2.05, 4.69) is 0 Å². The van der Waals surface area contributed by atoms with Gasteiger partial charge in [-0.15, -0.1) is 0 Å². The van der Waals surface area contributed by atoms with E-state index >= 15 is 0 Å². The third kappa shape index (κ3) is 2.97. The molecule has 0 radical (unpaired) electrons. The summed E-state index contributed by atoms with van der Waals surface area (Å²) in [6.45, 7) is 1.99. The van der Waals surface area contributed by atoms with Gasteiger partial charge in [0.05, 0.1) is 0 Å². The average molecular weight is 400 g/mol. The molecule has 27 heavy (non-hydrogen) atoms. The smallest absolute Gasteiger partial charge is 0.454 e. The number of halogens is 2. The van der Waals surface area contributed by atoms with Crippen molar-refractivity contribution in [3.63, 3.8) is 0 Å². The van der Waals surface area contributed by atoms with E-state index in [-0.39, 0.29) is 17.3 Å². The Morgan fingerprint density at radius 2 is 1.70 bits per heavy atom. The van der Waals surface area contributed by atoms with Crippen LogP contribution in [0, 0.1) is 18.8 Å². The van der Waals surface area contributed by atoms with Crippen molar-refractivity contribution in [3.8, 4) is 0 Å². The topological polar surface area (TPSA) is 80.7 Å². The van der Waals surface area contributed by atoms with Gasteiger partial charge in [-0.1, -0.05) is 29.8 Å². The molecule has 5 rings (SSSR count). The Labute approximate surface area is 156 Å². The molecule has 1 aromatic rings. The molecule has 4 aliphatic rings. The fraction of sp³-hybridized carbons (Fsp3) is 0.632. The highest BCUT2D eigenvalue weighted by atomic mass is 32.2. The summed E-state index contributed by atoms with van der Waals surface area (Å²) >= 11 is 0. The summed E-state index contributed by atoms with van der Waals surface area (Å²) in [5.41, 5.74) is 0.896. The van der Waals surface area contributed by atoms with Crippen molar-refractivity contribution in [2.45, 2.75) is 61.7 Å². The molecule has 0 aliphatic heterocycles. The Kier molecular flexibility index (Phi) is 3.99. The van der Waals surface area contributed by atoms with E-state index in [9.17, 15) is 22.0 Å². The van der Waals surface area contributed by atoms with Crippen molar-refractivity contribution in [3.05, 3.63) is 35.4 Å². The van der Waals surface area contributed by atoms with E-state index in [1.807, 2.05) is 31.2 Å². The molecule has 2 atom stereocenters. The molecule has 0 aromatic heterocycles. The van der Waals surface area contributed by atoms with Gasteiger partial charge >= 0.3 is 21.3 Å². The summed E-state index contributed by atoms with van der Waals surface area (Å²) in [5, 5.41) is -4.95. The van der Waals surface area contributed by atoms with Gasteiger partial charge in [-0.25, -0.2) is 4.79 Å². The molecule has 8 heteroatoms. The fourth-order valence-corrected chi connectivity index (χ4v) is 6.16. The molecule has 0 amide bonds. The zero-order valence-corrected chi connectivity index (χ0v) is 15.8. The molecular formula is C19H22F2O5S. The van der Waals surface area contributed by atoms with Crippen molar-refractivity contribution in [1.29, 1.82) is 0 Å². The Bertz CT molecular complexity index is 864. The molecule has 4 saturated carbocycles. The van der Waals surface area contributed by atoms with Gasteiger partial charge in [-0.05, 0) is 68.3 Å². The summed E-state index contributed by atoms with van der Waals surface area (Å²) in [4.78, 5) is 12.0.